The number of nitrogens with zero attached hydrogens (tertiary/aromatic N) is 4. The topological polar surface area (TPSA) is 43.1 Å². The monoisotopic (exact) mass is 382 g/mol. The van der Waals surface area contributed by atoms with Gasteiger partial charge in [0.05, 0.1) is 16.7 Å². The van der Waals surface area contributed by atoms with E-state index in [1.165, 1.54) is 5.56 Å². The van der Waals surface area contributed by atoms with Crippen LogP contribution in [0.3, 0.4) is 0 Å². The van der Waals surface area contributed by atoms with Gasteiger partial charge in [-0.15, -0.1) is 0 Å². The second-order valence-electron chi connectivity index (χ2n) is 7.34. The molecule has 3 heterocycles. The summed E-state index contributed by atoms with van der Waals surface area (Å²) in [6.07, 6.45) is 12.7. The number of pyridine rings is 1. The molecule has 1 aliphatic rings. The molecule has 4 rings (SSSR count). The maximum absolute atomic E-state index is 4.97. The van der Waals surface area contributed by atoms with Crippen LogP contribution < -0.4 is 0 Å². The molecule has 0 amide bonds. The number of imidazole rings is 1. The SMILES string of the molecule is C=C/C=C\c1c(C)ccc2c1nc(CCc1cccc(C3=CCCN=C3)n1)n2C. The van der Waals surface area contributed by atoms with Gasteiger partial charge in [-0.2, -0.15) is 0 Å². The first-order valence-corrected chi connectivity index (χ1v) is 10.1. The van der Waals surface area contributed by atoms with E-state index in [9.17, 15) is 0 Å². The molecule has 29 heavy (non-hydrogen) atoms. The van der Waals surface area contributed by atoms with Crippen molar-refractivity contribution in [3.05, 3.63) is 83.5 Å². The minimum absolute atomic E-state index is 0.846. The van der Waals surface area contributed by atoms with Crippen LogP contribution in [0.5, 0.6) is 0 Å². The molecule has 0 atom stereocenters. The number of hydrogen-bond acceptors (Lipinski definition) is 3. The lowest BCUT2D eigenvalue weighted by atomic mass is 10.1. The normalized spacial score (nSPS) is 13.9. The smallest absolute Gasteiger partial charge is 0.110 e. The number of fused-ring (bicyclic) bond motifs is 1. The van der Waals surface area contributed by atoms with Gasteiger partial charge in [0.25, 0.3) is 0 Å². The highest BCUT2D eigenvalue weighted by Crippen LogP contribution is 2.24. The minimum atomic E-state index is 0.846. The van der Waals surface area contributed by atoms with Crippen molar-refractivity contribution in [1.29, 1.82) is 0 Å². The molecule has 0 saturated carbocycles. The molecule has 4 nitrogen and oxygen atoms in total. The van der Waals surface area contributed by atoms with E-state index in [0.717, 1.165) is 65.2 Å². The van der Waals surface area contributed by atoms with Crippen molar-refractivity contribution in [3.63, 3.8) is 0 Å². The first-order chi connectivity index (χ1) is 14.2. The average molecular weight is 383 g/mol. The molecule has 2 aromatic heterocycles. The van der Waals surface area contributed by atoms with Crippen LogP contribution in [0.1, 0.15) is 34.8 Å². The molecule has 0 aliphatic carbocycles. The Balaban J connectivity index is 1.60. The summed E-state index contributed by atoms with van der Waals surface area (Å²) in [4.78, 5) is 14.2. The van der Waals surface area contributed by atoms with Gasteiger partial charge in [0.2, 0.25) is 0 Å². The molecule has 0 unspecified atom stereocenters. The summed E-state index contributed by atoms with van der Waals surface area (Å²) in [6, 6.07) is 10.5. The molecule has 1 aromatic carbocycles. The summed E-state index contributed by atoms with van der Waals surface area (Å²) < 4.78 is 2.19. The minimum Gasteiger partial charge on any atom is -0.331 e. The predicted molar refractivity (Wildman–Crippen MR) is 122 cm³/mol. The quantitative estimate of drug-likeness (QED) is 0.555. The van der Waals surface area contributed by atoms with Crippen molar-refractivity contribution in [3.8, 4) is 0 Å². The van der Waals surface area contributed by atoms with Gasteiger partial charge in [0.1, 0.15) is 5.82 Å². The number of dihydropyridines is 1. The Labute approximate surface area is 172 Å². The maximum atomic E-state index is 4.97. The van der Waals surface area contributed by atoms with Crippen LogP contribution in [0.25, 0.3) is 22.7 Å². The number of aromatic nitrogens is 3. The van der Waals surface area contributed by atoms with Gasteiger partial charge in [0.15, 0.2) is 0 Å². The standard InChI is InChI=1S/C25H26N4/c1-4-5-10-21-18(2)12-14-23-25(21)28-24(29(23)3)15-13-20-9-6-11-22(27-20)19-8-7-16-26-17-19/h4-6,8-12,14,17H,1,7,13,15-16H2,2-3H3/b10-5-. The fourth-order valence-corrected chi connectivity index (χ4v) is 3.73. The highest BCUT2D eigenvalue weighted by atomic mass is 15.1. The van der Waals surface area contributed by atoms with Gasteiger partial charge in [-0.25, -0.2) is 4.98 Å². The summed E-state index contributed by atoms with van der Waals surface area (Å²) in [7, 11) is 2.09. The van der Waals surface area contributed by atoms with E-state index in [2.05, 4.69) is 72.6 Å². The van der Waals surface area contributed by atoms with E-state index < -0.39 is 0 Å². The first-order valence-electron chi connectivity index (χ1n) is 10.1. The third-order valence-corrected chi connectivity index (χ3v) is 5.36. The fraction of sp³-hybridized carbons (Fsp3) is 0.240. The Morgan fingerprint density at radius 1 is 1.14 bits per heavy atom. The van der Waals surface area contributed by atoms with Gasteiger partial charge in [-0.1, -0.05) is 43.0 Å². The zero-order chi connectivity index (χ0) is 20.2. The summed E-state index contributed by atoms with van der Waals surface area (Å²) >= 11 is 0. The lowest BCUT2D eigenvalue weighted by Gasteiger charge is -2.08. The van der Waals surface area contributed by atoms with Gasteiger partial charge in [-0.3, -0.25) is 9.98 Å². The molecule has 3 aromatic rings. The van der Waals surface area contributed by atoms with E-state index in [1.54, 1.807) is 6.08 Å². The molecule has 0 spiro atoms. The second kappa shape index (κ2) is 8.39. The number of rotatable bonds is 6. The van der Waals surface area contributed by atoms with E-state index >= 15 is 0 Å². The highest BCUT2D eigenvalue weighted by Gasteiger charge is 2.13. The molecule has 4 heteroatoms. The molecule has 0 saturated heterocycles. The van der Waals surface area contributed by atoms with Crippen LogP contribution in [-0.4, -0.2) is 27.3 Å². The summed E-state index contributed by atoms with van der Waals surface area (Å²) in [6.45, 7) is 6.78. The van der Waals surface area contributed by atoms with Crippen LogP contribution >= 0.6 is 0 Å². The lowest BCUT2D eigenvalue weighted by molar-refractivity contribution is 0.775. The van der Waals surface area contributed by atoms with Crippen LogP contribution in [0.15, 0.2) is 60.1 Å². The van der Waals surface area contributed by atoms with E-state index in [-0.39, 0.29) is 0 Å². The average Bonchev–Trinajstić information content (AvgIpc) is 3.08. The van der Waals surface area contributed by atoms with Gasteiger partial charge < -0.3 is 4.57 Å². The number of allylic oxidation sites excluding steroid dienone is 3. The second-order valence-corrected chi connectivity index (χ2v) is 7.34. The van der Waals surface area contributed by atoms with Crippen molar-refractivity contribution < 1.29 is 0 Å². The Kier molecular flexibility index (Phi) is 5.52. The number of benzene rings is 1. The van der Waals surface area contributed by atoms with Crippen molar-refractivity contribution in [2.75, 3.05) is 6.54 Å². The predicted octanol–water partition coefficient (Wildman–Crippen LogP) is 5.12. The fourth-order valence-electron chi connectivity index (χ4n) is 3.73. The summed E-state index contributed by atoms with van der Waals surface area (Å²) in [5.41, 5.74) is 7.78. The molecule has 0 N–H and O–H groups in total. The van der Waals surface area contributed by atoms with E-state index in [4.69, 9.17) is 9.97 Å². The van der Waals surface area contributed by atoms with Crippen molar-refractivity contribution >= 4 is 28.9 Å². The van der Waals surface area contributed by atoms with E-state index in [0.29, 0.717) is 0 Å². The van der Waals surface area contributed by atoms with Crippen molar-refractivity contribution in [1.82, 2.24) is 14.5 Å². The van der Waals surface area contributed by atoms with Crippen LogP contribution in [0, 0.1) is 6.92 Å². The molecule has 146 valence electrons. The van der Waals surface area contributed by atoms with Crippen LogP contribution in [-0.2, 0) is 19.9 Å². The largest absolute Gasteiger partial charge is 0.331 e. The molecule has 0 radical (unpaired) electrons. The third kappa shape index (κ3) is 3.97. The van der Waals surface area contributed by atoms with Crippen LogP contribution in [0.4, 0.5) is 0 Å². The van der Waals surface area contributed by atoms with Crippen LogP contribution in [0.2, 0.25) is 0 Å². The first kappa shape index (κ1) is 19.1. The summed E-state index contributed by atoms with van der Waals surface area (Å²) in [5, 5.41) is 0. The van der Waals surface area contributed by atoms with Crippen molar-refractivity contribution in [2.45, 2.75) is 26.2 Å². The van der Waals surface area contributed by atoms with Gasteiger partial charge in [0, 0.05) is 43.1 Å². The molecule has 0 bridgehead atoms. The Morgan fingerprint density at radius 3 is 2.83 bits per heavy atom. The molecule has 1 aliphatic heterocycles. The Hall–Kier alpha value is -3.27. The molecular weight excluding hydrogens is 356 g/mol. The molecule has 0 fully saturated rings. The number of aliphatic imine (C=N–C) groups is 1. The van der Waals surface area contributed by atoms with Crippen molar-refractivity contribution in [2.24, 2.45) is 12.0 Å². The summed E-state index contributed by atoms with van der Waals surface area (Å²) in [5.74, 6) is 1.07. The lowest BCUT2D eigenvalue weighted by Crippen LogP contribution is -2.03. The maximum Gasteiger partial charge on any atom is 0.110 e. The zero-order valence-electron chi connectivity index (χ0n) is 17.1. The number of hydrogen-bond donors (Lipinski definition) is 0. The van der Waals surface area contributed by atoms with Gasteiger partial charge in [-0.05, 0) is 43.5 Å². The Morgan fingerprint density at radius 2 is 2.03 bits per heavy atom. The highest BCUT2D eigenvalue weighted by molar-refractivity contribution is 6.09. The zero-order valence-corrected chi connectivity index (χ0v) is 17.1. The van der Waals surface area contributed by atoms with E-state index in [1.807, 2.05) is 12.3 Å². The number of aryl methyl sites for hydroxylation is 4. The van der Waals surface area contributed by atoms with Gasteiger partial charge >= 0.3 is 0 Å². The molecular formula is C25H26N4. The third-order valence-electron chi connectivity index (χ3n) is 5.36. The Bertz CT molecular complexity index is 1150.